The van der Waals surface area contributed by atoms with E-state index in [0.29, 0.717) is 6.04 Å². The largest absolute Gasteiger partial charge is 0.497 e. The van der Waals surface area contributed by atoms with E-state index >= 15 is 0 Å². The van der Waals surface area contributed by atoms with E-state index < -0.39 is 0 Å². The summed E-state index contributed by atoms with van der Waals surface area (Å²) in [4.78, 5) is 6.48. The Bertz CT molecular complexity index is 464. The van der Waals surface area contributed by atoms with Crippen LogP contribution >= 0.6 is 24.0 Å². The molecule has 0 radical (unpaired) electrons. The Morgan fingerprint density at radius 2 is 2.20 bits per heavy atom. The molecule has 0 bridgehead atoms. The molecule has 112 valence electrons. The number of benzene rings is 1. The molecule has 4 nitrogen and oxygen atoms in total. The summed E-state index contributed by atoms with van der Waals surface area (Å²) in [6.45, 7) is 3.07. The van der Waals surface area contributed by atoms with Gasteiger partial charge in [0.15, 0.2) is 5.96 Å². The number of ether oxygens (including phenoxy) is 1. The zero-order valence-electron chi connectivity index (χ0n) is 12.6. The van der Waals surface area contributed by atoms with Crippen LogP contribution in [0.3, 0.4) is 0 Å². The molecule has 0 spiro atoms. The Morgan fingerprint density at radius 1 is 1.50 bits per heavy atom. The van der Waals surface area contributed by atoms with Gasteiger partial charge in [-0.3, -0.25) is 4.99 Å². The first-order valence-electron chi connectivity index (χ1n) is 6.71. The highest BCUT2D eigenvalue weighted by molar-refractivity contribution is 14.0. The summed E-state index contributed by atoms with van der Waals surface area (Å²) in [5.41, 5.74) is 1.22. The van der Waals surface area contributed by atoms with Crippen molar-refractivity contribution in [2.45, 2.75) is 25.9 Å². The topological polar surface area (TPSA) is 36.9 Å². The standard InChI is InChI=1S/C15H23N3O.HI/c1-11-8-14(11)17-15(16-2)18(3)10-12-6-5-7-13(9-12)19-4;/h5-7,9,11,14H,8,10H2,1-4H3,(H,16,17);1H. The second kappa shape index (κ2) is 7.71. The highest BCUT2D eigenvalue weighted by atomic mass is 127. The fourth-order valence-corrected chi connectivity index (χ4v) is 2.15. The van der Waals surface area contributed by atoms with Gasteiger partial charge in [-0.25, -0.2) is 0 Å². The number of hydrogen-bond acceptors (Lipinski definition) is 2. The first kappa shape index (κ1) is 17.1. The van der Waals surface area contributed by atoms with E-state index in [1.807, 2.05) is 19.2 Å². The predicted octanol–water partition coefficient (Wildman–Crippen LogP) is 2.73. The van der Waals surface area contributed by atoms with E-state index in [0.717, 1.165) is 24.2 Å². The van der Waals surface area contributed by atoms with Crippen LogP contribution in [0.25, 0.3) is 0 Å². The average molecular weight is 389 g/mol. The minimum absolute atomic E-state index is 0. The van der Waals surface area contributed by atoms with Crippen molar-refractivity contribution in [3.8, 4) is 5.75 Å². The van der Waals surface area contributed by atoms with Gasteiger partial charge in [0, 0.05) is 26.7 Å². The summed E-state index contributed by atoms with van der Waals surface area (Å²) in [7, 11) is 5.58. The number of hydrogen-bond donors (Lipinski definition) is 1. The third-order valence-corrected chi connectivity index (χ3v) is 3.55. The number of halogens is 1. The minimum atomic E-state index is 0. The van der Waals surface area contributed by atoms with E-state index in [1.165, 1.54) is 12.0 Å². The molecule has 1 aliphatic carbocycles. The van der Waals surface area contributed by atoms with Gasteiger partial charge < -0.3 is 15.0 Å². The van der Waals surface area contributed by atoms with Crippen molar-refractivity contribution in [1.82, 2.24) is 10.2 Å². The van der Waals surface area contributed by atoms with Gasteiger partial charge in [0.25, 0.3) is 0 Å². The van der Waals surface area contributed by atoms with Crippen molar-refractivity contribution >= 4 is 29.9 Å². The fraction of sp³-hybridized carbons (Fsp3) is 0.533. The lowest BCUT2D eigenvalue weighted by atomic mass is 10.2. The van der Waals surface area contributed by atoms with Gasteiger partial charge in [0.1, 0.15) is 5.75 Å². The number of methoxy groups -OCH3 is 1. The van der Waals surface area contributed by atoms with E-state index in [9.17, 15) is 0 Å². The molecule has 1 saturated carbocycles. The van der Waals surface area contributed by atoms with Crippen LogP contribution in [0.5, 0.6) is 5.75 Å². The molecule has 2 unspecified atom stereocenters. The zero-order valence-corrected chi connectivity index (χ0v) is 14.9. The Balaban J connectivity index is 0.00000200. The van der Waals surface area contributed by atoms with Crippen molar-refractivity contribution in [1.29, 1.82) is 0 Å². The molecule has 0 aliphatic heterocycles. The zero-order chi connectivity index (χ0) is 13.8. The number of nitrogens with one attached hydrogen (secondary N) is 1. The van der Waals surface area contributed by atoms with Gasteiger partial charge in [0.05, 0.1) is 7.11 Å². The van der Waals surface area contributed by atoms with Crippen LogP contribution in [0.15, 0.2) is 29.3 Å². The van der Waals surface area contributed by atoms with Crippen LogP contribution in [0.4, 0.5) is 0 Å². The average Bonchev–Trinajstić information content (AvgIpc) is 3.11. The maximum atomic E-state index is 5.25. The van der Waals surface area contributed by atoms with E-state index in [4.69, 9.17) is 4.74 Å². The quantitative estimate of drug-likeness (QED) is 0.489. The second-order valence-electron chi connectivity index (χ2n) is 5.22. The number of guanidine groups is 1. The van der Waals surface area contributed by atoms with Crippen molar-refractivity contribution in [2.75, 3.05) is 21.2 Å². The Kier molecular flexibility index (Phi) is 6.58. The molecular formula is C15H24IN3O. The van der Waals surface area contributed by atoms with Crippen molar-refractivity contribution in [2.24, 2.45) is 10.9 Å². The smallest absolute Gasteiger partial charge is 0.193 e. The van der Waals surface area contributed by atoms with Crippen LogP contribution in [-0.4, -0.2) is 38.1 Å². The molecule has 0 saturated heterocycles. The summed E-state index contributed by atoms with van der Waals surface area (Å²) < 4.78 is 5.25. The number of nitrogens with zero attached hydrogens (tertiary/aromatic N) is 2. The first-order chi connectivity index (χ1) is 9.13. The molecule has 2 rings (SSSR count). The summed E-state index contributed by atoms with van der Waals surface area (Å²) in [6, 6.07) is 8.73. The molecule has 2 atom stereocenters. The number of aliphatic imine (C=N–C) groups is 1. The van der Waals surface area contributed by atoms with E-state index in [1.54, 1.807) is 7.11 Å². The lowest BCUT2D eigenvalue weighted by Crippen LogP contribution is -2.40. The molecule has 1 fully saturated rings. The Labute approximate surface area is 138 Å². The van der Waals surface area contributed by atoms with Crippen LogP contribution in [-0.2, 0) is 6.54 Å². The van der Waals surface area contributed by atoms with E-state index in [-0.39, 0.29) is 24.0 Å². The molecule has 1 aromatic carbocycles. The molecular weight excluding hydrogens is 365 g/mol. The third kappa shape index (κ3) is 4.54. The summed E-state index contributed by atoms with van der Waals surface area (Å²) in [6.07, 6.45) is 1.24. The SMILES string of the molecule is CN=C(NC1CC1C)N(C)Cc1cccc(OC)c1.I. The molecule has 0 aromatic heterocycles. The van der Waals surface area contributed by atoms with E-state index in [2.05, 4.69) is 41.3 Å². The second-order valence-corrected chi connectivity index (χ2v) is 5.22. The van der Waals surface area contributed by atoms with Crippen LogP contribution in [0, 0.1) is 5.92 Å². The number of rotatable bonds is 4. The molecule has 0 amide bonds. The third-order valence-electron chi connectivity index (χ3n) is 3.55. The molecule has 1 N–H and O–H groups in total. The summed E-state index contributed by atoms with van der Waals surface area (Å²) in [5.74, 6) is 2.61. The predicted molar refractivity (Wildman–Crippen MR) is 93.9 cm³/mol. The molecule has 5 heteroatoms. The normalized spacial score (nSPS) is 20.9. The maximum Gasteiger partial charge on any atom is 0.193 e. The maximum absolute atomic E-state index is 5.25. The van der Waals surface area contributed by atoms with Crippen molar-refractivity contribution in [3.05, 3.63) is 29.8 Å². The molecule has 0 heterocycles. The first-order valence-corrected chi connectivity index (χ1v) is 6.71. The Hall–Kier alpha value is -0.980. The van der Waals surface area contributed by atoms with Gasteiger partial charge in [-0.05, 0) is 30.0 Å². The molecule has 1 aromatic rings. The van der Waals surface area contributed by atoms with Crippen LogP contribution in [0.2, 0.25) is 0 Å². The lowest BCUT2D eigenvalue weighted by molar-refractivity contribution is 0.412. The van der Waals surface area contributed by atoms with Crippen molar-refractivity contribution < 1.29 is 4.74 Å². The van der Waals surface area contributed by atoms with Gasteiger partial charge in [-0.1, -0.05) is 19.1 Å². The van der Waals surface area contributed by atoms with Crippen molar-refractivity contribution in [3.63, 3.8) is 0 Å². The highest BCUT2D eigenvalue weighted by Crippen LogP contribution is 2.29. The van der Waals surface area contributed by atoms with Crippen LogP contribution < -0.4 is 10.1 Å². The molecule has 1 aliphatic rings. The van der Waals surface area contributed by atoms with Gasteiger partial charge in [-0.15, -0.1) is 24.0 Å². The fourth-order valence-electron chi connectivity index (χ4n) is 2.15. The summed E-state index contributed by atoms with van der Waals surface area (Å²) in [5, 5.41) is 3.48. The lowest BCUT2D eigenvalue weighted by Gasteiger charge is -2.22. The van der Waals surface area contributed by atoms with Gasteiger partial charge in [0.2, 0.25) is 0 Å². The monoisotopic (exact) mass is 389 g/mol. The highest BCUT2D eigenvalue weighted by Gasteiger charge is 2.33. The van der Waals surface area contributed by atoms with Gasteiger partial charge >= 0.3 is 0 Å². The Morgan fingerprint density at radius 3 is 2.75 bits per heavy atom. The summed E-state index contributed by atoms with van der Waals surface area (Å²) >= 11 is 0. The van der Waals surface area contributed by atoms with Gasteiger partial charge in [-0.2, -0.15) is 0 Å². The molecule has 20 heavy (non-hydrogen) atoms. The minimum Gasteiger partial charge on any atom is -0.497 e. The van der Waals surface area contributed by atoms with Crippen LogP contribution in [0.1, 0.15) is 18.9 Å².